The number of fused-ring (bicyclic) bond motifs is 1. The van der Waals surface area contributed by atoms with Crippen molar-refractivity contribution in [2.75, 3.05) is 13.7 Å². The highest BCUT2D eigenvalue weighted by Crippen LogP contribution is 2.35. The average Bonchev–Trinajstić information content (AvgIpc) is 3.28. The van der Waals surface area contributed by atoms with Crippen LogP contribution in [0.1, 0.15) is 73.4 Å². The Hall–Kier alpha value is -3.48. The van der Waals surface area contributed by atoms with Crippen LogP contribution < -0.4 is 16.0 Å². The van der Waals surface area contributed by atoms with Gasteiger partial charge in [0.15, 0.2) is 0 Å². The lowest BCUT2D eigenvalue weighted by Gasteiger charge is -2.31. The van der Waals surface area contributed by atoms with Crippen molar-refractivity contribution in [1.29, 1.82) is 0 Å². The van der Waals surface area contributed by atoms with Crippen molar-refractivity contribution in [3.8, 4) is 5.75 Å². The van der Waals surface area contributed by atoms with Crippen LogP contribution in [-0.2, 0) is 26.4 Å². The Balaban J connectivity index is 1.97. The van der Waals surface area contributed by atoms with Crippen molar-refractivity contribution in [2.24, 2.45) is 0 Å². The van der Waals surface area contributed by atoms with Crippen LogP contribution in [0.15, 0.2) is 33.9 Å². The number of benzene rings is 1. The van der Waals surface area contributed by atoms with Crippen molar-refractivity contribution < 1.29 is 34.0 Å². The Morgan fingerprint density at radius 2 is 1.80 bits per heavy atom. The normalized spacial score (nSPS) is 18.3. The quantitative estimate of drug-likeness (QED) is 0.339. The smallest absolute Gasteiger partial charge is 0.348 e. The number of para-hydroxylation sites is 1. The molecule has 0 aliphatic heterocycles. The number of aryl methyl sites for hydroxylation is 1. The fraction of sp³-hybridized carbons (Fsp3) is 0.517. The molecular weight excluding hydrogens is 552 g/mol. The maximum atomic E-state index is 14.1. The predicted molar refractivity (Wildman–Crippen MR) is 153 cm³/mol. The molecule has 2 heterocycles. The lowest BCUT2D eigenvalue weighted by molar-refractivity contribution is -0.146. The van der Waals surface area contributed by atoms with Crippen molar-refractivity contribution in [3.05, 3.63) is 61.1 Å². The fourth-order valence-corrected chi connectivity index (χ4v) is 6.41. The Labute approximate surface area is 240 Å². The monoisotopic (exact) mass is 588 g/mol. The zero-order valence-corrected chi connectivity index (χ0v) is 24.7. The summed E-state index contributed by atoms with van der Waals surface area (Å²) in [6.45, 7) is 5.84. The van der Waals surface area contributed by atoms with Gasteiger partial charge in [-0.3, -0.25) is 9.36 Å². The number of methoxy groups -OCH3 is 1. The summed E-state index contributed by atoms with van der Waals surface area (Å²) in [6.07, 6.45) is 1.07. The van der Waals surface area contributed by atoms with Gasteiger partial charge in [0.25, 0.3) is 5.56 Å². The molecule has 41 heavy (non-hydrogen) atoms. The lowest BCUT2D eigenvalue weighted by Crippen LogP contribution is -2.52. The molecule has 0 saturated heterocycles. The van der Waals surface area contributed by atoms with Crippen molar-refractivity contribution >= 4 is 33.5 Å². The number of aliphatic hydroxyl groups excluding tert-OH is 1. The van der Waals surface area contributed by atoms with Gasteiger partial charge in [-0.15, -0.1) is 11.3 Å². The van der Waals surface area contributed by atoms with Crippen LogP contribution in [0.25, 0.3) is 10.2 Å². The van der Waals surface area contributed by atoms with E-state index in [1.807, 2.05) is 18.2 Å². The number of nitrogens with zero attached hydrogens (tertiary/aromatic N) is 2. The first-order chi connectivity index (χ1) is 19.4. The van der Waals surface area contributed by atoms with Gasteiger partial charge in [-0.05, 0) is 65.0 Å². The molecule has 4 rings (SSSR count). The molecule has 3 aromatic rings. The summed E-state index contributed by atoms with van der Waals surface area (Å²) in [5, 5.41) is 20.0. The number of rotatable bonds is 10. The minimum atomic E-state index is -1.89. The Kier molecular flexibility index (Phi) is 9.05. The molecule has 0 bridgehead atoms. The molecule has 222 valence electrons. The summed E-state index contributed by atoms with van der Waals surface area (Å²) in [4.78, 5) is 53.2. The van der Waals surface area contributed by atoms with Crippen molar-refractivity contribution in [3.63, 3.8) is 0 Å². The van der Waals surface area contributed by atoms with Gasteiger partial charge in [0, 0.05) is 5.56 Å². The molecule has 0 radical (unpaired) electrons. The van der Waals surface area contributed by atoms with E-state index >= 15 is 0 Å². The molecule has 11 nitrogen and oxygen atoms in total. The van der Waals surface area contributed by atoms with Crippen LogP contribution in [0.5, 0.6) is 5.75 Å². The van der Waals surface area contributed by atoms with E-state index in [-0.39, 0.29) is 40.5 Å². The van der Waals surface area contributed by atoms with Crippen LogP contribution >= 0.6 is 11.3 Å². The van der Waals surface area contributed by atoms with Gasteiger partial charge < -0.3 is 24.4 Å². The Morgan fingerprint density at radius 3 is 2.41 bits per heavy atom. The van der Waals surface area contributed by atoms with E-state index in [1.54, 1.807) is 19.9 Å². The number of carboxylic acid groups (broad SMARTS) is 1. The number of thiophene rings is 1. The van der Waals surface area contributed by atoms with Gasteiger partial charge in [-0.1, -0.05) is 18.2 Å². The second-order valence-corrected chi connectivity index (χ2v) is 11.7. The van der Waals surface area contributed by atoms with Crippen LogP contribution in [0, 0.1) is 6.92 Å². The Bertz CT molecular complexity index is 1560. The van der Waals surface area contributed by atoms with E-state index in [0.29, 0.717) is 42.6 Å². The maximum Gasteiger partial charge on any atom is 0.348 e. The summed E-state index contributed by atoms with van der Waals surface area (Å²) < 4.78 is 19.4. The average molecular weight is 589 g/mol. The number of esters is 1. The van der Waals surface area contributed by atoms with E-state index < -0.39 is 34.8 Å². The van der Waals surface area contributed by atoms with E-state index in [1.165, 1.54) is 25.5 Å². The van der Waals surface area contributed by atoms with Crippen LogP contribution in [-0.4, -0.2) is 57.2 Å². The number of aromatic nitrogens is 2. The second-order valence-electron chi connectivity index (χ2n) is 10.7. The highest BCUT2D eigenvalue weighted by atomic mass is 32.1. The van der Waals surface area contributed by atoms with Crippen molar-refractivity contribution in [2.45, 2.75) is 83.8 Å². The molecule has 2 aromatic heterocycles. The first kappa shape index (κ1) is 30.5. The third-order valence-corrected chi connectivity index (χ3v) is 8.89. The largest absolute Gasteiger partial charge is 0.496 e. The van der Waals surface area contributed by atoms with E-state index in [4.69, 9.17) is 14.2 Å². The molecule has 1 atom stereocenters. The zero-order valence-electron chi connectivity index (χ0n) is 23.8. The second kappa shape index (κ2) is 12.2. The van der Waals surface area contributed by atoms with E-state index in [0.717, 1.165) is 15.9 Å². The SMILES string of the molecule is CCOC(=O)c1sc2c(c1C)c(=O)n(C(C)(C)C(=O)O)c(=O)n2C[C@H](O[C@H]1CC[C@H](O)CC1)c1ccccc1OC. The number of carboxylic acids is 1. The van der Waals surface area contributed by atoms with Crippen molar-refractivity contribution in [1.82, 2.24) is 9.13 Å². The number of carbonyl (C=O) groups excluding carboxylic acids is 1. The summed E-state index contributed by atoms with van der Waals surface area (Å²) >= 11 is 0.956. The highest BCUT2D eigenvalue weighted by Gasteiger charge is 2.36. The topological polar surface area (TPSA) is 146 Å². The third-order valence-electron chi connectivity index (χ3n) is 7.59. The molecular formula is C29H36N2O9S. The molecule has 12 heteroatoms. The van der Waals surface area contributed by atoms with Gasteiger partial charge in [-0.25, -0.2) is 19.0 Å². The maximum absolute atomic E-state index is 14.1. The molecule has 1 aromatic carbocycles. The number of aliphatic carboxylic acids is 1. The lowest BCUT2D eigenvalue weighted by atomic mass is 9.94. The summed E-state index contributed by atoms with van der Waals surface area (Å²) in [6, 6.07) is 7.23. The summed E-state index contributed by atoms with van der Waals surface area (Å²) in [7, 11) is 1.53. The molecule has 0 amide bonds. The zero-order chi connectivity index (χ0) is 30.1. The molecule has 0 unspecified atom stereocenters. The summed E-state index contributed by atoms with van der Waals surface area (Å²) in [5.41, 5.74) is -2.55. The minimum Gasteiger partial charge on any atom is -0.496 e. The number of hydrogen-bond donors (Lipinski definition) is 2. The number of aliphatic hydroxyl groups is 1. The molecule has 0 spiro atoms. The number of carbonyl (C=O) groups is 2. The number of ether oxygens (including phenoxy) is 3. The van der Waals surface area contributed by atoms with Crippen LogP contribution in [0.3, 0.4) is 0 Å². The molecule has 2 N–H and O–H groups in total. The van der Waals surface area contributed by atoms with Crippen LogP contribution in [0.4, 0.5) is 0 Å². The van der Waals surface area contributed by atoms with Gasteiger partial charge in [0.05, 0.1) is 37.9 Å². The van der Waals surface area contributed by atoms with Gasteiger partial charge in [-0.2, -0.15) is 0 Å². The van der Waals surface area contributed by atoms with E-state index in [9.17, 15) is 29.4 Å². The molecule has 1 aliphatic carbocycles. The standard InChI is InChI=1S/C29H36N2O9S/c1-6-39-26(34)23-16(2)22-24(33)31(29(3,4)27(35)36)28(37)30(25(22)41-23)15-21(19-9-7-8-10-20(19)38-5)40-18-13-11-17(32)12-14-18/h7-10,17-18,21,32H,6,11-15H2,1-5H3,(H,35,36)/t17-,18-,21-/m0/s1. The number of hydrogen-bond acceptors (Lipinski definition) is 9. The minimum absolute atomic E-state index is 0.0755. The summed E-state index contributed by atoms with van der Waals surface area (Å²) in [5.74, 6) is -1.46. The van der Waals surface area contributed by atoms with Crippen LogP contribution in [0.2, 0.25) is 0 Å². The molecule has 1 aliphatic rings. The molecule has 1 saturated carbocycles. The highest BCUT2D eigenvalue weighted by molar-refractivity contribution is 7.20. The third kappa shape index (κ3) is 5.81. The van der Waals surface area contributed by atoms with E-state index in [2.05, 4.69) is 0 Å². The van der Waals surface area contributed by atoms with Gasteiger partial charge in [0.2, 0.25) is 0 Å². The first-order valence-corrected chi connectivity index (χ1v) is 14.4. The van der Waals surface area contributed by atoms with Gasteiger partial charge in [0.1, 0.15) is 27.1 Å². The Morgan fingerprint density at radius 1 is 1.15 bits per heavy atom. The fourth-order valence-electron chi connectivity index (χ4n) is 5.21. The predicted octanol–water partition coefficient (Wildman–Crippen LogP) is 3.60. The van der Waals surface area contributed by atoms with Gasteiger partial charge >= 0.3 is 17.6 Å². The first-order valence-electron chi connectivity index (χ1n) is 13.6. The molecule has 1 fully saturated rings.